The maximum Gasteiger partial charge on any atom is 0.343 e. The van der Waals surface area contributed by atoms with Crippen LogP contribution in [0.3, 0.4) is 0 Å². The number of benzene rings is 1. The van der Waals surface area contributed by atoms with E-state index in [9.17, 15) is 9.59 Å². The molecule has 88 valence electrons. The SMILES string of the molecule is CCOC(=O)c1c(C#N)ccc(C=O)c1OC. The third-order valence-electron chi connectivity index (χ3n) is 2.12. The molecule has 0 fully saturated rings. The van der Waals surface area contributed by atoms with Crippen LogP contribution in [0.2, 0.25) is 0 Å². The number of rotatable bonds is 4. The monoisotopic (exact) mass is 233 g/mol. The second-order valence-electron chi connectivity index (χ2n) is 3.06. The van der Waals surface area contributed by atoms with E-state index in [4.69, 9.17) is 14.7 Å². The topological polar surface area (TPSA) is 76.4 Å². The van der Waals surface area contributed by atoms with Crippen LogP contribution in [0.1, 0.15) is 33.2 Å². The predicted octanol–water partition coefficient (Wildman–Crippen LogP) is 1.56. The first-order valence-corrected chi connectivity index (χ1v) is 4.93. The summed E-state index contributed by atoms with van der Waals surface area (Å²) in [5.74, 6) is -0.609. The molecular weight excluding hydrogens is 222 g/mol. The number of hydrogen-bond donors (Lipinski definition) is 0. The Morgan fingerprint density at radius 3 is 2.71 bits per heavy atom. The van der Waals surface area contributed by atoms with E-state index in [2.05, 4.69) is 0 Å². The summed E-state index contributed by atoms with van der Waals surface area (Å²) in [5.41, 5.74) is 0.307. The number of aldehydes is 1. The van der Waals surface area contributed by atoms with Crippen LogP contribution >= 0.6 is 0 Å². The Hall–Kier alpha value is -2.35. The van der Waals surface area contributed by atoms with Crippen molar-refractivity contribution < 1.29 is 19.1 Å². The van der Waals surface area contributed by atoms with Gasteiger partial charge in [-0.1, -0.05) is 0 Å². The van der Waals surface area contributed by atoms with E-state index in [0.29, 0.717) is 6.29 Å². The number of nitrogens with zero attached hydrogens (tertiary/aromatic N) is 1. The second kappa shape index (κ2) is 5.66. The van der Waals surface area contributed by atoms with Crippen molar-refractivity contribution in [3.8, 4) is 11.8 Å². The highest BCUT2D eigenvalue weighted by atomic mass is 16.5. The van der Waals surface area contributed by atoms with Crippen LogP contribution in [0, 0.1) is 11.3 Å². The van der Waals surface area contributed by atoms with Gasteiger partial charge < -0.3 is 9.47 Å². The lowest BCUT2D eigenvalue weighted by atomic mass is 10.0. The zero-order valence-electron chi connectivity index (χ0n) is 9.52. The van der Waals surface area contributed by atoms with Gasteiger partial charge in [-0.15, -0.1) is 0 Å². The number of nitriles is 1. The summed E-state index contributed by atoms with van der Waals surface area (Å²) in [6.07, 6.45) is 0.558. The average molecular weight is 233 g/mol. The molecule has 1 rings (SSSR count). The van der Waals surface area contributed by atoms with Gasteiger partial charge in [-0.2, -0.15) is 5.26 Å². The van der Waals surface area contributed by atoms with E-state index in [1.165, 1.54) is 19.2 Å². The molecule has 5 nitrogen and oxygen atoms in total. The van der Waals surface area contributed by atoms with Gasteiger partial charge in [0.15, 0.2) is 6.29 Å². The molecule has 0 unspecified atom stereocenters. The van der Waals surface area contributed by atoms with Crippen LogP contribution in [0.4, 0.5) is 0 Å². The molecule has 0 N–H and O–H groups in total. The molecule has 0 radical (unpaired) electrons. The molecule has 0 saturated carbocycles. The molecule has 1 aromatic carbocycles. The molecule has 0 aliphatic rings. The molecule has 0 heterocycles. The normalized spacial score (nSPS) is 9.24. The zero-order valence-corrected chi connectivity index (χ0v) is 9.52. The Labute approximate surface area is 98.6 Å². The van der Waals surface area contributed by atoms with Crippen LogP contribution in [-0.2, 0) is 4.74 Å². The van der Waals surface area contributed by atoms with Crippen molar-refractivity contribution in [2.75, 3.05) is 13.7 Å². The lowest BCUT2D eigenvalue weighted by Gasteiger charge is -2.11. The number of hydrogen-bond acceptors (Lipinski definition) is 5. The van der Waals surface area contributed by atoms with Gasteiger partial charge in [0.1, 0.15) is 17.4 Å². The fourth-order valence-corrected chi connectivity index (χ4v) is 1.41. The summed E-state index contributed by atoms with van der Waals surface area (Å²) in [4.78, 5) is 22.5. The molecule has 0 spiro atoms. The van der Waals surface area contributed by atoms with Crippen molar-refractivity contribution in [3.05, 3.63) is 28.8 Å². The second-order valence-corrected chi connectivity index (χ2v) is 3.06. The maximum atomic E-state index is 11.7. The van der Waals surface area contributed by atoms with Crippen LogP contribution in [0.15, 0.2) is 12.1 Å². The first-order chi connectivity index (χ1) is 8.19. The minimum atomic E-state index is -0.676. The van der Waals surface area contributed by atoms with Crippen molar-refractivity contribution in [2.45, 2.75) is 6.92 Å². The van der Waals surface area contributed by atoms with E-state index in [1.54, 1.807) is 6.92 Å². The van der Waals surface area contributed by atoms with Crippen LogP contribution in [-0.4, -0.2) is 26.0 Å². The van der Waals surface area contributed by atoms with E-state index in [0.717, 1.165) is 0 Å². The zero-order chi connectivity index (χ0) is 12.8. The van der Waals surface area contributed by atoms with Crippen molar-refractivity contribution in [1.82, 2.24) is 0 Å². The van der Waals surface area contributed by atoms with E-state index in [1.807, 2.05) is 6.07 Å². The third-order valence-corrected chi connectivity index (χ3v) is 2.12. The molecule has 0 aromatic heterocycles. The van der Waals surface area contributed by atoms with Crippen LogP contribution in [0.25, 0.3) is 0 Å². The Kier molecular flexibility index (Phi) is 4.23. The molecule has 0 amide bonds. The van der Waals surface area contributed by atoms with Gasteiger partial charge in [-0.25, -0.2) is 4.79 Å². The summed E-state index contributed by atoms with van der Waals surface area (Å²) < 4.78 is 9.82. The molecule has 0 aliphatic carbocycles. The van der Waals surface area contributed by atoms with Gasteiger partial charge in [0.2, 0.25) is 0 Å². The highest BCUT2D eigenvalue weighted by molar-refractivity contribution is 5.98. The Morgan fingerprint density at radius 2 is 2.24 bits per heavy atom. The Bertz CT molecular complexity index is 488. The quantitative estimate of drug-likeness (QED) is 0.582. The lowest BCUT2D eigenvalue weighted by Crippen LogP contribution is -2.10. The van der Waals surface area contributed by atoms with Crippen molar-refractivity contribution in [3.63, 3.8) is 0 Å². The van der Waals surface area contributed by atoms with Crippen LogP contribution < -0.4 is 4.74 Å². The van der Waals surface area contributed by atoms with Crippen molar-refractivity contribution in [2.24, 2.45) is 0 Å². The summed E-state index contributed by atoms with van der Waals surface area (Å²) in [5, 5.41) is 8.92. The van der Waals surface area contributed by atoms with E-state index >= 15 is 0 Å². The Morgan fingerprint density at radius 1 is 1.53 bits per heavy atom. The van der Waals surface area contributed by atoms with Gasteiger partial charge in [0.25, 0.3) is 0 Å². The summed E-state index contributed by atoms with van der Waals surface area (Å²) in [7, 11) is 1.33. The fraction of sp³-hybridized carbons (Fsp3) is 0.250. The minimum absolute atomic E-state index is 0.0125. The largest absolute Gasteiger partial charge is 0.495 e. The minimum Gasteiger partial charge on any atom is -0.495 e. The van der Waals surface area contributed by atoms with Gasteiger partial charge in [-0.3, -0.25) is 4.79 Å². The number of carbonyl (C=O) groups is 2. The number of ether oxygens (including phenoxy) is 2. The molecule has 1 aromatic rings. The smallest absolute Gasteiger partial charge is 0.343 e. The highest BCUT2D eigenvalue weighted by Crippen LogP contribution is 2.26. The predicted molar refractivity (Wildman–Crippen MR) is 59.1 cm³/mol. The van der Waals surface area contributed by atoms with E-state index in [-0.39, 0.29) is 29.0 Å². The molecule has 0 aliphatic heterocycles. The lowest BCUT2D eigenvalue weighted by molar-refractivity contribution is 0.0522. The number of esters is 1. The molecular formula is C12H11NO4. The summed E-state index contributed by atoms with van der Waals surface area (Å²) in [6, 6.07) is 4.68. The average Bonchev–Trinajstić information content (AvgIpc) is 2.36. The van der Waals surface area contributed by atoms with Crippen molar-refractivity contribution >= 4 is 12.3 Å². The molecule has 0 saturated heterocycles. The van der Waals surface area contributed by atoms with Gasteiger partial charge in [0.05, 0.1) is 24.8 Å². The maximum absolute atomic E-state index is 11.7. The third kappa shape index (κ3) is 2.42. The van der Waals surface area contributed by atoms with Crippen LogP contribution in [0.5, 0.6) is 5.75 Å². The Balaban J connectivity index is 3.46. The van der Waals surface area contributed by atoms with E-state index < -0.39 is 5.97 Å². The molecule has 0 bridgehead atoms. The number of methoxy groups -OCH3 is 1. The standard InChI is InChI=1S/C12H11NO4/c1-3-17-12(15)10-8(6-13)4-5-9(7-14)11(10)16-2/h4-5,7H,3H2,1-2H3. The van der Waals surface area contributed by atoms with Gasteiger partial charge in [-0.05, 0) is 19.1 Å². The number of carbonyl (C=O) groups excluding carboxylic acids is 2. The first kappa shape index (κ1) is 12.7. The molecule has 5 heteroatoms. The van der Waals surface area contributed by atoms with Gasteiger partial charge in [0, 0.05) is 0 Å². The van der Waals surface area contributed by atoms with Crippen molar-refractivity contribution in [1.29, 1.82) is 5.26 Å². The highest BCUT2D eigenvalue weighted by Gasteiger charge is 2.21. The fourth-order valence-electron chi connectivity index (χ4n) is 1.41. The molecule has 0 atom stereocenters. The molecule has 17 heavy (non-hydrogen) atoms. The van der Waals surface area contributed by atoms with Gasteiger partial charge >= 0.3 is 5.97 Å². The summed E-state index contributed by atoms with van der Waals surface area (Å²) in [6.45, 7) is 1.83. The first-order valence-electron chi connectivity index (χ1n) is 4.93. The summed E-state index contributed by atoms with van der Waals surface area (Å²) >= 11 is 0.